The Labute approximate surface area is 164 Å². The standard InChI is InChI=1S/C26H22N2/c1-4-10-18(3)28-24-14-9-7-12-20(24)22-16-15-21-19-11-6-8-13-23(19)27(17-5-2)25(21)26(22)28/h4-17H,1H2,2-3H3/b17-5+,18-10+. The van der Waals surface area contributed by atoms with Crippen LogP contribution in [0.2, 0.25) is 0 Å². The van der Waals surface area contributed by atoms with Crippen molar-refractivity contribution in [3.05, 3.63) is 85.5 Å². The van der Waals surface area contributed by atoms with Gasteiger partial charge < -0.3 is 9.13 Å². The third-order valence-corrected chi connectivity index (χ3v) is 5.51. The van der Waals surface area contributed by atoms with Gasteiger partial charge in [0, 0.05) is 33.4 Å². The first-order valence-electron chi connectivity index (χ1n) is 9.63. The number of hydrogen-bond donors (Lipinski definition) is 0. The van der Waals surface area contributed by atoms with E-state index in [2.05, 4.69) is 109 Å². The molecule has 2 heterocycles. The molecule has 0 N–H and O–H groups in total. The van der Waals surface area contributed by atoms with Crippen LogP contribution in [0.5, 0.6) is 0 Å². The van der Waals surface area contributed by atoms with E-state index in [4.69, 9.17) is 0 Å². The summed E-state index contributed by atoms with van der Waals surface area (Å²) in [5.41, 5.74) is 6.09. The number of allylic oxidation sites excluding steroid dienone is 4. The molecule has 5 rings (SSSR count). The summed E-state index contributed by atoms with van der Waals surface area (Å²) < 4.78 is 4.69. The molecule has 2 nitrogen and oxygen atoms in total. The number of aromatic nitrogens is 2. The molecule has 0 radical (unpaired) electrons. The molecule has 136 valence electrons. The largest absolute Gasteiger partial charge is 0.314 e. The van der Waals surface area contributed by atoms with Crippen molar-refractivity contribution < 1.29 is 0 Å². The first kappa shape index (κ1) is 16.6. The molecule has 0 aliphatic rings. The minimum absolute atomic E-state index is 1.16. The Morgan fingerprint density at radius 3 is 2.07 bits per heavy atom. The molecule has 0 unspecified atom stereocenters. The van der Waals surface area contributed by atoms with Crippen molar-refractivity contribution in [2.24, 2.45) is 0 Å². The van der Waals surface area contributed by atoms with E-state index in [0.29, 0.717) is 0 Å². The fourth-order valence-electron chi connectivity index (χ4n) is 4.45. The highest BCUT2D eigenvalue weighted by Gasteiger charge is 2.18. The zero-order valence-electron chi connectivity index (χ0n) is 16.2. The topological polar surface area (TPSA) is 9.86 Å². The van der Waals surface area contributed by atoms with Gasteiger partial charge in [-0.1, -0.05) is 67.3 Å². The average Bonchev–Trinajstić information content (AvgIpc) is 3.22. The first-order chi connectivity index (χ1) is 13.8. The van der Waals surface area contributed by atoms with E-state index in [0.717, 1.165) is 5.70 Å². The highest BCUT2D eigenvalue weighted by molar-refractivity contribution is 6.24. The van der Waals surface area contributed by atoms with Gasteiger partial charge in [-0.3, -0.25) is 0 Å². The SMILES string of the molecule is C=C/C=C(\C)n1c2ccccc2c2ccc3c4ccccc4n(/C=C/C)c3c21. The molecule has 5 aromatic rings. The van der Waals surface area contributed by atoms with Gasteiger partial charge in [-0.05, 0) is 32.1 Å². The minimum Gasteiger partial charge on any atom is -0.314 e. The highest BCUT2D eigenvalue weighted by Crippen LogP contribution is 2.40. The Bertz CT molecular complexity index is 1440. The van der Waals surface area contributed by atoms with Crippen LogP contribution >= 0.6 is 0 Å². The number of hydrogen-bond acceptors (Lipinski definition) is 0. The van der Waals surface area contributed by atoms with Gasteiger partial charge in [-0.15, -0.1) is 0 Å². The molecule has 0 fully saturated rings. The second-order valence-electron chi connectivity index (χ2n) is 7.12. The fourth-order valence-corrected chi connectivity index (χ4v) is 4.45. The first-order valence-corrected chi connectivity index (χ1v) is 9.63. The lowest BCUT2D eigenvalue weighted by Crippen LogP contribution is -1.95. The van der Waals surface area contributed by atoms with Crippen LogP contribution in [0, 0.1) is 0 Å². The van der Waals surface area contributed by atoms with E-state index >= 15 is 0 Å². The van der Waals surface area contributed by atoms with E-state index < -0.39 is 0 Å². The molecule has 0 amide bonds. The zero-order chi connectivity index (χ0) is 19.3. The van der Waals surface area contributed by atoms with Crippen LogP contribution in [-0.2, 0) is 0 Å². The normalized spacial score (nSPS) is 12.9. The molecule has 0 spiro atoms. The third-order valence-electron chi connectivity index (χ3n) is 5.51. The molecular formula is C26H22N2. The van der Waals surface area contributed by atoms with Crippen LogP contribution in [-0.4, -0.2) is 9.13 Å². The molecule has 0 atom stereocenters. The van der Waals surface area contributed by atoms with Crippen molar-refractivity contribution in [1.29, 1.82) is 0 Å². The van der Waals surface area contributed by atoms with E-state index in [1.165, 1.54) is 43.6 Å². The Kier molecular flexibility index (Phi) is 3.73. The number of fused-ring (bicyclic) bond motifs is 7. The van der Waals surface area contributed by atoms with Crippen molar-refractivity contribution in [2.75, 3.05) is 0 Å². The van der Waals surface area contributed by atoms with Crippen molar-refractivity contribution in [2.45, 2.75) is 13.8 Å². The summed E-state index contributed by atoms with van der Waals surface area (Å²) in [6.07, 6.45) is 8.20. The zero-order valence-corrected chi connectivity index (χ0v) is 16.2. The number of nitrogens with zero attached hydrogens (tertiary/aromatic N) is 2. The van der Waals surface area contributed by atoms with E-state index in [1.807, 2.05) is 6.08 Å². The summed E-state index contributed by atoms with van der Waals surface area (Å²) in [4.78, 5) is 0. The van der Waals surface area contributed by atoms with E-state index in [1.54, 1.807) is 0 Å². The summed E-state index contributed by atoms with van der Waals surface area (Å²) >= 11 is 0. The van der Waals surface area contributed by atoms with Crippen molar-refractivity contribution in [3.8, 4) is 0 Å². The molecule has 28 heavy (non-hydrogen) atoms. The maximum Gasteiger partial charge on any atom is 0.0786 e. The van der Waals surface area contributed by atoms with Gasteiger partial charge in [-0.25, -0.2) is 0 Å². The molecule has 0 bridgehead atoms. The predicted molar refractivity (Wildman–Crippen MR) is 124 cm³/mol. The smallest absolute Gasteiger partial charge is 0.0786 e. The molecular weight excluding hydrogens is 340 g/mol. The lowest BCUT2D eigenvalue weighted by molar-refractivity contribution is 1.19. The van der Waals surface area contributed by atoms with Crippen LogP contribution in [0.15, 0.2) is 85.5 Å². The van der Waals surface area contributed by atoms with Crippen molar-refractivity contribution in [3.63, 3.8) is 0 Å². The summed E-state index contributed by atoms with van der Waals surface area (Å²) in [6.45, 7) is 8.13. The van der Waals surface area contributed by atoms with Crippen LogP contribution in [0.3, 0.4) is 0 Å². The van der Waals surface area contributed by atoms with Gasteiger partial charge in [0.1, 0.15) is 0 Å². The number of benzene rings is 3. The third kappa shape index (κ3) is 2.15. The summed E-state index contributed by atoms with van der Waals surface area (Å²) in [7, 11) is 0. The Hall–Kier alpha value is -3.52. The highest BCUT2D eigenvalue weighted by atomic mass is 15.0. The van der Waals surface area contributed by atoms with Gasteiger partial charge in [-0.2, -0.15) is 0 Å². The molecule has 0 saturated carbocycles. The molecule has 0 aliphatic carbocycles. The number of rotatable bonds is 3. The van der Waals surface area contributed by atoms with Crippen molar-refractivity contribution >= 4 is 55.5 Å². The quantitative estimate of drug-likeness (QED) is 0.295. The Morgan fingerprint density at radius 2 is 1.39 bits per heavy atom. The monoisotopic (exact) mass is 362 g/mol. The second kappa shape index (κ2) is 6.28. The van der Waals surface area contributed by atoms with E-state index in [9.17, 15) is 0 Å². The minimum atomic E-state index is 1.16. The molecule has 3 aromatic carbocycles. The Morgan fingerprint density at radius 1 is 0.786 bits per heavy atom. The Balaban J connectivity index is 2.15. The second-order valence-corrected chi connectivity index (χ2v) is 7.12. The van der Waals surface area contributed by atoms with Gasteiger partial charge in [0.05, 0.1) is 22.1 Å². The summed E-state index contributed by atoms with van der Waals surface area (Å²) in [5.74, 6) is 0. The molecule has 0 saturated heterocycles. The maximum absolute atomic E-state index is 3.91. The van der Waals surface area contributed by atoms with Crippen LogP contribution < -0.4 is 0 Å². The van der Waals surface area contributed by atoms with Crippen LogP contribution in [0.25, 0.3) is 55.5 Å². The maximum atomic E-state index is 3.91. The summed E-state index contributed by atoms with van der Waals surface area (Å²) in [5, 5.41) is 5.10. The van der Waals surface area contributed by atoms with Crippen molar-refractivity contribution in [1.82, 2.24) is 9.13 Å². The predicted octanol–water partition coefficient (Wildman–Crippen LogP) is 7.44. The van der Waals surface area contributed by atoms with Gasteiger partial charge in [0.15, 0.2) is 0 Å². The molecule has 0 aliphatic heterocycles. The van der Waals surface area contributed by atoms with Crippen LogP contribution in [0.4, 0.5) is 0 Å². The van der Waals surface area contributed by atoms with Crippen LogP contribution in [0.1, 0.15) is 13.8 Å². The number of para-hydroxylation sites is 2. The lowest BCUT2D eigenvalue weighted by Gasteiger charge is -2.10. The van der Waals surface area contributed by atoms with Gasteiger partial charge in [0.25, 0.3) is 0 Å². The fraction of sp³-hybridized carbons (Fsp3) is 0.0769. The van der Waals surface area contributed by atoms with Gasteiger partial charge in [0.2, 0.25) is 0 Å². The summed E-state index contributed by atoms with van der Waals surface area (Å²) in [6, 6.07) is 21.8. The van der Waals surface area contributed by atoms with Gasteiger partial charge >= 0.3 is 0 Å². The van der Waals surface area contributed by atoms with E-state index in [-0.39, 0.29) is 0 Å². The average molecular weight is 362 g/mol. The molecule has 2 heteroatoms. The molecule has 2 aromatic heterocycles. The lowest BCUT2D eigenvalue weighted by atomic mass is 10.1.